The van der Waals surface area contributed by atoms with Crippen LogP contribution in [0.4, 0.5) is 11.4 Å². The molecule has 0 saturated heterocycles. The van der Waals surface area contributed by atoms with Gasteiger partial charge in [0.15, 0.2) is 0 Å². The fourth-order valence-electron chi connectivity index (χ4n) is 2.10. The molecule has 2 amide bonds. The second kappa shape index (κ2) is 9.04. The van der Waals surface area contributed by atoms with Crippen LogP contribution in [0.2, 0.25) is 0 Å². The summed E-state index contributed by atoms with van der Waals surface area (Å²) in [5.41, 5.74) is 7.70. The van der Waals surface area contributed by atoms with Gasteiger partial charge in [-0.2, -0.15) is 0 Å². The number of aryl methyl sites for hydroxylation is 1. The van der Waals surface area contributed by atoms with Crippen molar-refractivity contribution in [1.82, 2.24) is 10.2 Å². The summed E-state index contributed by atoms with van der Waals surface area (Å²) in [6.07, 6.45) is 0.813. The van der Waals surface area contributed by atoms with Gasteiger partial charge in [0.05, 0.1) is 11.4 Å². The van der Waals surface area contributed by atoms with Crippen molar-refractivity contribution in [2.75, 3.05) is 37.2 Å². The minimum atomic E-state index is -0.696. The van der Waals surface area contributed by atoms with Crippen molar-refractivity contribution in [2.24, 2.45) is 0 Å². The highest BCUT2D eigenvalue weighted by molar-refractivity contribution is 6.39. The first-order valence-corrected chi connectivity index (χ1v) is 7.65. The van der Waals surface area contributed by atoms with Gasteiger partial charge >= 0.3 is 11.8 Å². The number of anilines is 2. The summed E-state index contributed by atoms with van der Waals surface area (Å²) in [6, 6.07) is 5.27. The number of carbonyl (C=O) groups is 2. The lowest BCUT2D eigenvalue weighted by Gasteiger charge is -2.17. The van der Waals surface area contributed by atoms with Crippen LogP contribution in [-0.4, -0.2) is 42.9 Å². The molecule has 6 heteroatoms. The number of nitrogens with one attached hydrogen (secondary N) is 2. The molecule has 0 spiro atoms. The minimum absolute atomic E-state index is 0.447. The third kappa shape index (κ3) is 5.73. The molecule has 4 N–H and O–H groups in total. The molecule has 0 aliphatic heterocycles. The van der Waals surface area contributed by atoms with Gasteiger partial charge in [-0.3, -0.25) is 9.59 Å². The number of amides is 2. The van der Waals surface area contributed by atoms with Crippen LogP contribution in [0.3, 0.4) is 0 Å². The summed E-state index contributed by atoms with van der Waals surface area (Å²) in [6.45, 7) is 9.45. The van der Waals surface area contributed by atoms with Gasteiger partial charge < -0.3 is 21.3 Å². The molecule has 0 aliphatic carbocycles. The molecule has 0 aromatic heterocycles. The van der Waals surface area contributed by atoms with Crippen molar-refractivity contribution in [3.63, 3.8) is 0 Å². The predicted molar refractivity (Wildman–Crippen MR) is 89.6 cm³/mol. The average molecular weight is 306 g/mol. The molecule has 0 atom stereocenters. The van der Waals surface area contributed by atoms with E-state index >= 15 is 0 Å². The maximum atomic E-state index is 11.8. The topological polar surface area (TPSA) is 87.5 Å². The first kappa shape index (κ1) is 18.0. The number of nitrogens with zero attached hydrogens (tertiary/aromatic N) is 1. The van der Waals surface area contributed by atoms with Crippen molar-refractivity contribution in [2.45, 2.75) is 27.2 Å². The Kier molecular flexibility index (Phi) is 7.39. The van der Waals surface area contributed by atoms with E-state index in [1.807, 2.05) is 13.0 Å². The molecule has 0 fully saturated rings. The zero-order valence-corrected chi connectivity index (χ0v) is 13.6. The monoisotopic (exact) mass is 306 g/mol. The third-order valence-electron chi connectivity index (χ3n) is 3.49. The lowest BCUT2D eigenvalue weighted by atomic mass is 10.2. The van der Waals surface area contributed by atoms with E-state index in [0.29, 0.717) is 17.9 Å². The van der Waals surface area contributed by atoms with Gasteiger partial charge in [-0.1, -0.05) is 19.9 Å². The van der Waals surface area contributed by atoms with Crippen LogP contribution in [-0.2, 0) is 9.59 Å². The Hall–Kier alpha value is -2.08. The molecule has 1 rings (SSSR count). The number of nitrogen functional groups attached to an aromatic ring is 1. The molecule has 122 valence electrons. The van der Waals surface area contributed by atoms with Crippen LogP contribution in [0, 0.1) is 6.92 Å². The Morgan fingerprint density at radius 2 is 1.86 bits per heavy atom. The zero-order valence-electron chi connectivity index (χ0n) is 13.6. The molecule has 0 radical (unpaired) electrons. The summed E-state index contributed by atoms with van der Waals surface area (Å²) in [4.78, 5) is 25.8. The van der Waals surface area contributed by atoms with Crippen molar-refractivity contribution >= 4 is 23.2 Å². The van der Waals surface area contributed by atoms with Gasteiger partial charge in [0, 0.05) is 6.54 Å². The Bertz CT molecular complexity index is 513. The van der Waals surface area contributed by atoms with Crippen LogP contribution >= 0.6 is 0 Å². The van der Waals surface area contributed by atoms with E-state index in [1.165, 1.54) is 0 Å². The Balaban J connectivity index is 2.37. The second-order valence-corrected chi connectivity index (χ2v) is 5.18. The van der Waals surface area contributed by atoms with E-state index in [0.717, 1.165) is 31.6 Å². The first-order chi connectivity index (χ1) is 10.5. The number of hydrogen-bond donors (Lipinski definition) is 3. The van der Waals surface area contributed by atoms with E-state index in [4.69, 9.17) is 5.73 Å². The van der Waals surface area contributed by atoms with Gasteiger partial charge in [-0.15, -0.1) is 0 Å². The number of carbonyl (C=O) groups excluding carboxylic acids is 2. The number of hydrogen-bond acceptors (Lipinski definition) is 4. The van der Waals surface area contributed by atoms with Crippen LogP contribution < -0.4 is 16.4 Å². The quantitative estimate of drug-likeness (QED) is 0.403. The van der Waals surface area contributed by atoms with Crippen LogP contribution in [0.1, 0.15) is 25.8 Å². The smallest absolute Gasteiger partial charge is 0.313 e. The lowest BCUT2D eigenvalue weighted by molar-refractivity contribution is -0.136. The van der Waals surface area contributed by atoms with E-state index in [9.17, 15) is 9.59 Å². The lowest BCUT2D eigenvalue weighted by Crippen LogP contribution is -2.37. The fourth-order valence-corrected chi connectivity index (χ4v) is 2.10. The number of benzene rings is 1. The van der Waals surface area contributed by atoms with Crippen molar-refractivity contribution < 1.29 is 9.59 Å². The molecule has 0 aliphatic rings. The highest BCUT2D eigenvalue weighted by Gasteiger charge is 2.14. The summed E-state index contributed by atoms with van der Waals surface area (Å²) >= 11 is 0. The molecule has 22 heavy (non-hydrogen) atoms. The molecule has 0 unspecified atom stereocenters. The second-order valence-electron chi connectivity index (χ2n) is 5.18. The van der Waals surface area contributed by atoms with Crippen LogP contribution in [0.25, 0.3) is 0 Å². The number of rotatable bonds is 7. The van der Waals surface area contributed by atoms with Gasteiger partial charge in [0.1, 0.15) is 0 Å². The summed E-state index contributed by atoms with van der Waals surface area (Å²) in [5.74, 6) is -1.34. The highest BCUT2D eigenvalue weighted by atomic mass is 16.2. The van der Waals surface area contributed by atoms with Crippen molar-refractivity contribution in [1.29, 1.82) is 0 Å². The molecular formula is C16H26N4O2. The van der Waals surface area contributed by atoms with Crippen molar-refractivity contribution in [3.05, 3.63) is 23.8 Å². The maximum absolute atomic E-state index is 11.8. The normalized spacial score (nSPS) is 10.5. The summed E-state index contributed by atoms with van der Waals surface area (Å²) in [7, 11) is 0. The SMILES string of the molecule is CCN(CC)CCCNC(=O)C(=O)Nc1ccc(C)cc1N. The molecule has 6 nitrogen and oxygen atoms in total. The molecule has 0 saturated carbocycles. The largest absolute Gasteiger partial charge is 0.397 e. The van der Waals surface area contributed by atoms with E-state index < -0.39 is 11.8 Å². The molecule has 0 bridgehead atoms. The van der Waals surface area contributed by atoms with E-state index in [2.05, 4.69) is 29.4 Å². The highest BCUT2D eigenvalue weighted by Crippen LogP contribution is 2.19. The molecule has 1 aromatic carbocycles. The summed E-state index contributed by atoms with van der Waals surface area (Å²) in [5, 5.41) is 5.14. The van der Waals surface area contributed by atoms with E-state index in [-0.39, 0.29) is 0 Å². The average Bonchev–Trinajstić information content (AvgIpc) is 2.50. The summed E-state index contributed by atoms with van der Waals surface area (Å²) < 4.78 is 0. The molecule has 0 heterocycles. The zero-order chi connectivity index (χ0) is 16.5. The maximum Gasteiger partial charge on any atom is 0.313 e. The van der Waals surface area contributed by atoms with Gasteiger partial charge in [0.2, 0.25) is 0 Å². The van der Waals surface area contributed by atoms with Gasteiger partial charge in [-0.25, -0.2) is 0 Å². The van der Waals surface area contributed by atoms with E-state index in [1.54, 1.807) is 12.1 Å². The fraction of sp³-hybridized carbons (Fsp3) is 0.500. The molecule has 1 aromatic rings. The molecular weight excluding hydrogens is 280 g/mol. The van der Waals surface area contributed by atoms with Crippen LogP contribution in [0.15, 0.2) is 18.2 Å². The van der Waals surface area contributed by atoms with Crippen molar-refractivity contribution in [3.8, 4) is 0 Å². The van der Waals surface area contributed by atoms with Gasteiger partial charge in [0.25, 0.3) is 0 Å². The third-order valence-corrected chi connectivity index (χ3v) is 3.49. The van der Waals surface area contributed by atoms with Crippen LogP contribution in [0.5, 0.6) is 0 Å². The Morgan fingerprint density at radius 3 is 2.45 bits per heavy atom. The Labute approximate surface area is 132 Å². The standard InChI is InChI=1S/C16H26N4O2/c1-4-20(5-2)10-6-9-18-15(21)16(22)19-14-8-7-12(3)11-13(14)17/h7-8,11H,4-6,9-10,17H2,1-3H3,(H,18,21)(H,19,22). The first-order valence-electron chi connectivity index (χ1n) is 7.65. The van der Waals surface area contributed by atoms with Gasteiger partial charge in [-0.05, 0) is 50.7 Å². The Morgan fingerprint density at radius 1 is 1.18 bits per heavy atom. The minimum Gasteiger partial charge on any atom is -0.397 e. The number of nitrogens with two attached hydrogens (primary N) is 1. The predicted octanol–water partition coefficient (Wildman–Crippen LogP) is 1.36.